The third-order valence-corrected chi connectivity index (χ3v) is 6.98. The van der Waals surface area contributed by atoms with E-state index in [0.717, 1.165) is 0 Å². The number of benzene rings is 2. The van der Waals surface area contributed by atoms with Crippen LogP contribution in [0.5, 0.6) is 5.75 Å². The molecule has 34 heavy (non-hydrogen) atoms. The highest BCUT2D eigenvalue weighted by Crippen LogP contribution is 2.39. The van der Waals surface area contributed by atoms with Crippen molar-refractivity contribution in [1.29, 1.82) is 0 Å². The second-order valence-electron chi connectivity index (χ2n) is 8.92. The average molecular weight is 479 g/mol. The molecule has 1 aliphatic carbocycles. The third-order valence-electron chi connectivity index (χ3n) is 6.73. The van der Waals surface area contributed by atoms with Gasteiger partial charge in [-0.25, -0.2) is 4.90 Å². The molecule has 2 heterocycles. The van der Waals surface area contributed by atoms with Gasteiger partial charge in [0.2, 0.25) is 17.7 Å². The highest BCUT2D eigenvalue weighted by atomic mass is 35.5. The number of allylic oxidation sites excluding steroid dienone is 2. The number of aryl methyl sites for hydroxylation is 1. The minimum Gasteiger partial charge on any atom is -0.426 e. The molecule has 0 N–H and O–H groups in total. The Hall–Kier alpha value is -3.45. The van der Waals surface area contributed by atoms with Crippen LogP contribution in [0.25, 0.3) is 0 Å². The Balaban J connectivity index is 1.28. The summed E-state index contributed by atoms with van der Waals surface area (Å²) in [6, 6.07) is 11.7. The number of imide groups is 1. The van der Waals surface area contributed by atoms with Gasteiger partial charge in [0.1, 0.15) is 5.75 Å². The van der Waals surface area contributed by atoms with Gasteiger partial charge in [-0.15, -0.1) is 0 Å². The molecule has 3 amide bonds. The average Bonchev–Trinajstić information content (AvgIpc) is 3.33. The second kappa shape index (κ2) is 8.72. The molecule has 2 aromatic rings. The summed E-state index contributed by atoms with van der Waals surface area (Å²) in [4.78, 5) is 53.8. The molecular formula is C26H23ClN2O5. The summed E-state index contributed by atoms with van der Waals surface area (Å²) in [6.45, 7) is 2.00. The summed E-state index contributed by atoms with van der Waals surface area (Å²) in [5.74, 6) is -1.92. The van der Waals surface area contributed by atoms with E-state index < -0.39 is 11.9 Å². The van der Waals surface area contributed by atoms with Crippen molar-refractivity contribution >= 4 is 46.7 Å². The first-order chi connectivity index (χ1) is 16.3. The van der Waals surface area contributed by atoms with Crippen LogP contribution >= 0.6 is 11.6 Å². The van der Waals surface area contributed by atoms with Crippen molar-refractivity contribution in [2.24, 2.45) is 17.8 Å². The van der Waals surface area contributed by atoms with Crippen LogP contribution in [0.4, 0.5) is 11.4 Å². The minimum atomic E-state index is -0.597. The molecule has 0 saturated carbocycles. The molecule has 0 unspecified atom stereocenters. The van der Waals surface area contributed by atoms with Gasteiger partial charge in [0.25, 0.3) is 0 Å². The van der Waals surface area contributed by atoms with E-state index in [1.165, 1.54) is 4.90 Å². The summed E-state index contributed by atoms with van der Waals surface area (Å²) in [7, 11) is 0. The van der Waals surface area contributed by atoms with Gasteiger partial charge in [-0.1, -0.05) is 23.8 Å². The monoisotopic (exact) mass is 478 g/mol. The van der Waals surface area contributed by atoms with Crippen molar-refractivity contribution < 1.29 is 23.9 Å². The second-order valence-corrected chi connectivity index (χ2v) is 9.36. The smallest absolute Gasteiger partial charge is 0.316 e. The van der Waals surface area contributed by atoms with Crippen LogP contribution < -0.4 is 14.5 Å². The highest BCUT2D eigenvalue weighted by molar-refractivity contribution is 6.30. The Morgan fingerprint density at radius 2 is 1.62 bits per heavy atom. The van der Waals surface area contributed by atoms with Gasteiger partial charge in [-0.2, -0.15) is 0 Å². The van der Waals surface area contributed by atoms with E-state index in [1.807, 2.05) is 12.2 Å². The highest BCUT2D eigenvalue weighted by Gasteiger charge is 2.48. The molecule has 2 aliphatic heterocycles. The zero-order valence-electron chi connectivity index (χ0n) is 18.6. The topological polar surface area (TPSA) is 84.0 Å². The fourth-order valence-electron chi connectivity index (χ4n) is 4.92. The van der Waals surface area contributed by atoms with Gasteiger partial charge in [0.15, 0.2) is 0 Å². The summed E-state index contributed by atoms with van der Waals surface area (Å²) in [5.41, 5.74) is 1.85. The minimum absolute atomic E-state index is 0.0616. The first-order valence-corrected chi connectivity index (χ1v) is 11.6. The van der Waals surface area contributed by atoms with E-state index in [2.05, 4.69) is 0 Å². The summed E-state index contributed by atoms with van der Waals surface area (Å²) in [6.07, 6.45) is 5.12. The molecule has 2 saturated heterocycles. The Bertz CT molecular complexity index is 1200. The fourth-order valence-corrected chi connectivity index (χ4v) is 5.04. The first-order valence-electron chi connectivity index (χ1n) is 11.2. The van der Waals surface area contributed by atoms with E-state index in [9.17, 15) is 19.2 Å². The standard InChI is InChI=1S/C26H23ClN2O5/c1-15-12-19(10-11-22(15)29-24(31)20-4-2-3-5-21(20)25(29)32)34-26(33)16-13-23(30)28(14-16)18-8-6-17(27)7-9-18/h2-3,6-12,16,20-21H,4-5,13-14H2,1H3/t16-,20-,21-/m1/s1. The molecule has 0 bridgehead atoms. The number of halogens is 1. The van der Waals surface area contributed by atoms with Crippen molar-refractivity contribution in [2.75, 3.05) is 16.3 Å². The van der Waals surface area contributed by atoms with Crippen LogP contribution in [0, 0.1) is 24.7 Å². The Morgan fingerprint density at radius 3 is 2.24 bits per heavy atom. The van der Waals surface area contributed by atoms with Crippen LogP contribution in [0.2, 0.25) is 5.02 Å². The number of fused-ring (bicyclic) bond motifs is 1. The van der Waals surface area contributed by atoms with Gasteiger partial charge in [0.05, 0.1) is 23.4 Å². The molecule has 3 atom stereocenters. The van der Waals surface area contributed by atoms with Crippen LogP contribution in [-0.4, -0.2) is 30.2 Å². The normalized spacial score (nSPS) is 24.1. The maximum absolute atomic E-state index is 12.9. The number of nitrogens with zero attached hydrogens (tertiary/aromatic N) is 2. The van der Waals surface area contributed by atoms with Gasteiger partial charge >= 0.3 is 5.97 Å². The van der Waals surface area contributed by atoms with E-state index in [4.69, 9.17) is 16.3 Å². The molecule has 3 aliphatic rings. The maximum atomic E-state index is 12.9. The summed E-state index contributed by atoms with van der Waals surface area (Å²) >= 11 is 5.92. The predicted molar refractivity (Wildman–Crippen MR) is 127 cm³/mol. The van der Waals surface area contributed by atoms with Crippen LogP contribution in [0.15, 0.2) is 54.6 Å². The van der Waals surface area contributed by atoms with Gasteiger partial charge in [-0.3, -0.25) is 19.2 Å². The summed E-state index contributed by atoms with van der Waals surface area (Å²) in [5, 5.41) is 0.568. The Labute approximate surface area is 201 Å². The number of amides is 3. The Morgan fingerprint density at radius 1 is 0.971 bits per heavy atom. The number of esters is 1. The molecule has 174 valence electrons. The van der Waals surface area contributed by atoms with Crippen LogP contribution in [-0.2, 0) is 19.2 Å². The van der Waals surface area contributed by atoms with Crippen molar-refractivity contribution in [3.05, 3.63) is 65.2 Å². The lowest BCUT2D eigenvalue weighted by Gasteiger charge is -2.19. The molecular weight excluding hydrogens is 456 g/mol. The largest absolute Gasteiger partial charge is 0.426 e. The number of ether oxygens (including phenoxy) is 1. The molecule has 5 rings (SSSR count). The third kappa shape index (κ3) is 3.90. The van der Waals surface area contributed by atoms with Crippen LogP contribution in [0.1, 0.15) is 24.8 Å². The number of carbonyl (C=O) groups excluding carboxylic acids is 4. The van der Waals surface area contributed by atoms with E-state index in [0.29, 0.717) is 40.6 Å². The zero-order valence-corrected chi connectivity index (χ0v) is 19.3. The molecule has 0 radical (unpaired) electrons. The van der Waals surface area contributed by atoms with Crippen molar-refractivity contribution in [3.63, 3.8) is 0 Å². The van der Waals surface area contributed by atoms with Crippen molar-refractivity contribution in [2.45, 2.75) is 26.2 Å². The van der Waals surface area contributed by atoms with E-state index in [1.54, 1.807) is 54.3 Å². The number of hydrogen-bond donors (Lipinski definition) is 0. The first kappa shape index (κ1) is 22.3. The number of hydrogen-bond acceptors (Lipinski definition) is 5. The maximum Gasteiger partial charge on any atom is 0.316 e. The lowest BCUT2D eigenvalue weighted by atomic mass is 9.85. The lowest BCUT2D eigenvalue weighted by molar-refractivity contribution is -0.139. The SMILES string of the molecule is Cc1cc(OC(=O)[C@@H]2CC(=O)N(c3ccc(Cl)cc3)C2)ccc1N1C(=O)[C@@H]2CC=CC[C@H]2C1=O. The van der Waals surface area contributed by atoms with Gasteiger partial charge < -0.3 is 9.64 Å². The molecule has 0 aromatic heterocycles. The van der Waals surface area contributed by atoms with Gasteiger partial charge in [0, 0.05) is 23.7 Å². The van der Waals surface area contributed by atoms with Gasteiger partial charge in [-0.05, 0) is 67.8 Å². The number of carbonyl (C=O) groups is 4. The molecule has 7 nitrogen and oxygen atoms in total. The Kier molecular flexibility index (Phi) is 5.73. The number of rotatable bonds is 4. The summed E-state index contributed by atoms with van der Waals surface area (Å²) < 4.78 is 5.56. The zero-order chi connectivity index (χ0) is 24.0. The number of anilines is 2. The van der Waals surface area contributed by atoms with Crippen molar-refractivity contribution in [3.8, 4) is 5.75 Å². The molecule has 8 heteroatoms. The molecule has 2 aromatic carbocycles. The van der Waals surface area contributed by atoms with E-state index >= 15 is 0 Å². The predicted octanol–water partition coefficient (Wildman–Crippen LogP) is 4.06. The quantitative estimate of drug-likeness (QED) is 0.286. The van der Waals surface area contributed by atoms with Crippen molar-refractivity contribution in [1.82, 2.24) is 0 Å². The molecule has 2 fully saturated rings. The fraction of sp³-hybridized carbons (Fsp3) is 0.308. The lowest BCUT2D eigenvalue weighted by Crippen LogP contribution is -2.31. The van der Waals surface area contributed by atoms with Crippen LogP contribution in [0.3, 0.4) is 0 Å². The molecule has 0 spiro atoms. The van der Waals surface area contributed by atoms with E-state index in [-0.39, 0.29) is 42.5 Å².